The highest BCUT2D eigenvalue weighted by molar-refractivity contribution is 5.92. The van der Waals surface area contributed by atoms with E-state index in [9.17, 15) is 14.7 Å². The first-order valence-corrected chi connectivity index (χ1v) is 8.85. The van der Waals surface area contributed by atoms with Gasteiger partial charge in [0.15, 0.2) is 5.60 Å². The number of aliphatic hydroxyl groups is 1. The predicted molar refractivity (Wildman–Crippen MR) is 94.1 cm³/mol. The lowest BCUT2D eigenvalue weighted by Gasteiger charge is -2.24. The number of benzene rings is 1. The molecule has 0 spiro atoms. The van der Waals surface area contributed by atoms with E-state index in [2.05, 4.69) is 6.92 Å². The fourth-order valence-corrected chi connectivity index (χ4v) is 2.79. The summed E-state index contributed by atoms with van der Waals surface area (Å²) in [7, 11) is 0. The van der Waals surface area contributed by atoms with Gasteiger partial charge in [-0.15, -0.1) is 0 Å². The molecule has 0 amide bonds. The van der Waals surface area contributed by atoms with Crippen molar-refractivity contribution in [2.45, 2.75) is 51.0 Å². The van der Waals surface area contributed by atoms with E-state index in [1.165, 1.54) is 12.8 Å². The number of unbranched alkanes of at least 4 members (excludes halogenated alkanes) is 4. The van der Waals surface area contributed by atoms with Gasteiger partial charge in [0.05, 0.1) is 12.2 Å². The number of carbonyl (C=O) groups is 2. The van der Waals surface area contributed by atoms with Crippen LogP contribution in [-0.4, -0.2) is 35.9 Å². The molecule has 2 rings (SSSR count). The third-order valence-electron chi connectivity index (χ3n) is 4.30. The van der Waals surface area contributed by atoms with Crippen molar-refractivity contribution in [2.75, 3.05) is 13.2 Å². The van der Waals surface area contributed by atoms with E-state index in [1.807, 2.05) is 12.1 Å². The summed E-state index contributed by atoms with van der Waals surface area (Å²) >= 11 is 0. The summed E-state index contributed by atoms with van der Waals surface area (Å²) in [5.74, 6) is -0.929. The highest BCUT2D eigenvalue weighted by Crippen LogP contribution is 2.31. The lowest BCUT2D eigenvalue weighted by atomic mass is 9.98. The first-order valence-electron chi connectivity index (χ1n) is 8.85. The number of rotatable bonds is 9. The largest absolute Gasteiger partial charge is 0.458 e. The summed E-state index contributed by atoms with van der Waals surface area (Å²) < 4.78 is 10.6. The lowest BCUT2D eigenvalue weighted by molar-refractivity contribution is -0.154. The average molecular weight is 346 g/mol. The van der Waals surface area contributed by atoms with Crippen LogP contribution in [0.3, 0.4) is 0 Å². The van der Waals surface area contributed by atoms with E-state index in [4.69, 9.17) is 9.47 Å². The summed E-state index contributed by atoms with van der Waals surface area (Å²) in [6, 6.07) is 8.59. The van der Waals surface area contributed by atoms with Gasteiger partial charge in [-0.2, -0.15) is 0 Å². The number of hydrogen-bond donors (Lipinski definition) is 1. The second-order valence-electron chi connectivity index (χ2n) is 6.43. The molecule has 0 bridgehead atoms. The third kappa shape index (κ3) is 5.43. The Balaban J connectivity index is 1.91. The minimum atomic E-state index is -1.17. The number of esters is 2. The molecule has 1 aromatic rings. The molecule has 1 aliphatic rings. The zero-order valence-corrected chi connectivity index (χ0v) is 14.7. The van der Waals surface area contributed by atoms with Gasteiger partial charge >= 0.3 is 11.9 Å². The Bertz CT molecular complexity index is 608. The quantitative estimate of drug-likeness (QED) is 0.421. The van der Waals surface area contributed by atoms with E-state index in [0.29, 0.717) is 11.1 Å². The van der Waals surface area contributed by atoms with Gasteiger partial charge in [0.2, 0.25) is 0 Å². The Labute approximate surface area is 148 Å². The number of cyclic esters (lactones) is 1. The maximum absolute atomic E-state index is 12.0. The van der Waals surface area contributed by atoms with Crippen LogP contribution in [0.25, 0.3) is 0 Å². The van der Waals surface area contributed by atoms with E-state index in [1.54, 1.807) is 24.3 Å². The zero-order valence-electron chi connectivity index (χ0n) is 14.7. The second kappa shape index (κ2) is 9.37. The number of allylic oxidation sites excluding steroid dienone is 1. The molecule has 0 aliphatic carbocycles. The molecule has 0 radical (unpaired) electrons. The highest BCUT2D eigenvalue weighted by atomic mass is 16.6. The molecule has 1 fully saturated rings. The molecule has 1 aromatic carbocycles. The van der Waals surface area contributed by atoms with Gasteiger partial charge in [-0.1, -0.05) is 50.5 Å². The number of aliphatic hydroxyl groups excluding tert-OH is 1. The fourth-order valence-electron chi connectivity index (χ4n) is 2.79. The molecule has 1 saturated heterocycles. The number of carbonyl (C=O) groups excluding carboxylic acids is 2. The molecule has 0 saturated carbocycles. The summed E-state index contributed by atoms with van der Waals surface area (Å²) in [5, 5.41) is 9.68. The smallest absolute Gasteiger partial charge is 0.338 e. The van der Waals surface area contributed by atoms with Crippen LogP contribution in [0, 0.1) is 0 Å². The highest BCUT2D eigenvalue weighted by Gasteiger charge is 2.44. The summed E-state index contributed by atoms with van der Waals surface area (Å²) in [5.41, 5.74) is -0.190. The Morgan fingerprint density at radius 2 is 2.04 bits per heavy atom. The molecular weight excluding hydrogens is 320 g/mol. The molecule has 0 aromatic heterocycles. The molecule has 5 heteroatoms. The minimum absolute atomic E-state index is 0.157. The molecule has 1 aliphatic heterocycles. The molecule has 1 atom stereocenters. The monoisotopic (exact) mass is 346 g/mol. The van der Waals surface area contributed by atoms with Gasteiger partial charge in [0.25, 0.3) is 0 Å². The summed E-state index contributed by atoms with van der Waals surface area (Å²) in [4.78, 5) is 24.1. The molecular formula is C20H26O5. The van der Waals surface area contributed by atoms with Gasteiger partial charge in [-0.3, -0.25) is 0 Å². The first-order chi connectivity index (χ1) is 12.1. The Kier molecular flexibility index (Phi) is 7.19. The van der Waals surface area contributed by atoms with Crippen molar-refractivity contribution >= 4 is 11.9 Å². The van der Waals surface area contributed by atoms with Crippen molar-refractivity contribution in [1.29, 1.82) is 0 Å². The third-order valence-corrected chi connectivity index (χ3v) is 4.30. The van der Waals surface area contributed by atoms with Crippen LogP contribution < -0.4 is 0 Å². The van der Waals surface area contributed by atoms with E-state index >= 15 is 0 Å². The van der Waals surface area contributed by atoms with Crippen LogP contribution in [0.5, 0.6) is 0 Å². The van der Waals surface area contributed by atoms with Crippen LogP contribution in [0.1, 0.15) is 55.8 Å². The zero-order chi connectivity index (χ0) is 18.1. The van der Waals surface area contributed by atoms with Crippen LogP contribution in [-0.2, 0) is 14.3 Å². The molecule has 5 nitrogen and oxygen atoms in total. The van der Waals surface area contributed by atoms with Crippen LogP contribution in [0.15, 0.2) is 42.0 Å². The molecule has 1 N–H and O–H groups in total. The Hall–Kier alpha value is -2.14. The van der Waals surface area contributed by atoms with Crippen LogP contribution >= 0.6 is 0 Å². The number of hydrogen-bond acceptors (Lipinski definition) is 5. The van der Waals surface area contributed by atoms with Crippen molar-refractivity contribution in [3.05, 3.63) is 47.5 Å². The predicted octanol–water partition coefficient (Wildman–Crippen LogP) is 3.42. The van der Waals surface area contributed by atoms with Gasteiger partial charge in [-0.05, 0) is 25.0 Å². The van der Waals surface area contributed by atoms with Crippen LogP contribution in [0.4, 0.5) is 0 Å². The Morgan fingerprint density at radius 3 is 2.72 bits per heavy atom. The normalized spacial score (nSPS) is 21.4. The van der Waals surface area contributed by atoms with E-state index in [-0.39, 0.29) is 19.6 Å². The molecule has 25 heavy (non-hydrogen) atoms. The molecule has 1 unspecified atom stereocenters. The van der Waals surface area contributed by atoms with Gasteiger partial charge in [-0.25, -0.2) is 9.59 Å². The summed E-state index contributed by atoms with van der Waals surface area (Å²) in [6.07, 6.45) is 7.47. The van der Waals surface area contributed by atoms with Crippen molar-refractivity contribution in [2.24, 2.45) is 0 Å². The lowest BCUT2D eigenvalue weighted by Crippen LogP contribution is -2.39. The average Bonchev–Trinajstić information content (AvgIpc) is 2.97. The maximum Gasteiger partial charge on any atom is 0.338 e. The maximum atomic E-state index is 12.0. The van der Waals surface area contributed by atoms with Gasteiger partial charge in [0.1, 0.15) is 6.61 Å². The second-order valence-corrected chi connectivity index (χ2v) is 6.43. The van der Waals surface area contributed by atoms with Crippen molar-refractivity contribution in [3.63, 3.8) is 0 Å². The van der Waals surface area contributed by atoms with Crippen molar-refractivity contribution in [3.8, 4) is 0 Å². The SMILES string of the molecule is CCCCCC/C=C1\CC(CO)(COC(=O)c2ccccc2)OC1=O. The number of ether oxygens (including phenoxy) is 2. The fraction of sp³-hybridized carbons (Fsp3) is 0.500. The van der Waals surface area contributed by atoms with Crippen molar-refractivity contribution < 1.29 is 24.2 Å². The van der Waals surface area contributed by atoms with E-state index < -0.39 is 17.5 Å². The first kappa shape index (κ1) is 19.2. The molecule has 1 heterocycles. The van der Waals surface area contributed by atoms with Gasteiger partial charge in [0, 0.05) is 12.0 Å². The molecule has 136 valence electrons. The Morgan fingerprint density at radius 1 is 1.28 bits per heavy atom. The van der Waals surface area contributed by atoms with Crippen molar-refractivity contribution in [1.82, 2.24) is 0 Å². The van der Waals surface area contributed by atoms with Gasteiger partial charge < -0.3 is 14.6 Å². The van der Waals surface area contributed by atoms with E-state index in [0.717, 1.165) is 19.3 Å². The topological polar surface area (TPSA) is 72.8 Å². The minimum Gasteiger partial charge on any atom is -0.458 e. The standard InChI is InChI=1S/C20H26O5/c1-2-3-4-5-7-12-17-13-20(14-21,25-19(17)23)15-24-18(22)16-10-8-6-9-11-16/h6,8-12,21H,2-5,7,13-15H2,1H3/b17-12+. The summed E-state index contributed by atoms with van der Waals surface area (Å²) in [6.45, 7) is 1.61. The van der Waals surface area contributed by atoms with Crippen LogP contribution in [0.2, 0.25) is 0 Å².